The molecule has 1 unspecified atom stereocenters. The second kappa shape index (κ2) is 3.56. The van der Waals surface area contributed by atoms with E-state index >= 15 is 0 Å². The van der Waals surface area contributed by atoms with E-state index in [1.807, 2.05) is 37.3 Å². The van der Waals surface area contributed by atoms with Crippen molar-refractivity contribution in [2.24, 2.45) is 5.92 Å². The molecule has 0 radical (unpaired) electrons. The van der Waals surface area contributed by atoms with Crippen molar-refractivity contribution in [3.05, 3.63) is 41.6 Å². The normalized spacial score (nSPS) is 17.6. The van der Waals surface area contributed by atoms with Crippen LogP contribution < -0.4 is 0 Å². The highest BCUT2D eigenvalue weighted by Gasteiger charge is 2.31. The quantitative estimate of drug-likeness (QED) is 0.832. The summed E-state index contributed by atoms with van der Waals surface area (Å²) in [6.45, 7) is 1.98. The highest BCUT2D eigenvalue weighted by Crippen LogP contribution is 2.42. The van der Waals surface area contributed by atoms with Gasteiger partial charge in [0.2, 0.25) is 0 Å². The summed E-state index contributed by atoms with van der Waals surface area (Å²) in [5, 5.41) is 11.3. The zero-order valence-electron chi connectivity index (χ0n) is 9.35. The zero-order chi connectivity index (χ0) is 11.1. The molecule has 82 valence electrons. The summed E-state index contributed by atoms with van der Waals surface area (Å²) in [6.07, 6.45) is 1.99. The third-order valence-electron chi connectivity index (χ3n) is 3.26. The monoisotopic (exact) mass is 213 g/mol. The van der Waals surface area contributed by atoms with E-state index in [1.165, 1.54) is 0 Å². The lowest BCUT2D eigenvalue weighted by Gasteiger charge is -2.13. The average molecular weight is 213 g/mol. The molecule has 1 aliphatic carbocycles. The summed E-state index contributed by atoms with van der Waals surface area (Å²) in [5.41, 5.74) is 3.01. The number of hydrogen-bond donors (Lipinski definition) is 1. The largest absolute Gasteiger partial charge is 0.388 e. The van der Waals surface area contributed by atoms with E-state index in [9.17, 15) is 5.11 Å². The van der Waals surface area contributed by atoms with Crippen molar-refractivity contribution in [2.75, 3.05) is 0 Å². The van der Waals surface area contributed by atoms with E-state index in [1.54, 1.807) is 0 Å². The van der Waals surface area contributed by atoms with Crippen LogP contribution in [0.4, 0.5) is 0 Å². The van der Waals surface area contributed by atoms with E-state index in [0.717, 1.165) is 35.0 Å². The smallest absolute Gasteiger partial charge is 0.0825 e. The minimum absolute atomic E-state index is 0.313. The summed E-state index contributed by atoms with van der Waals surface area (Å²) in [6, 6.07) is 10.1. The predicted molar refractivity (Wildman–Crippen MR) is 64.2 cm³/mol. The average Bonchev–Trinajstić information content (AvgIpc) is 3.10. The number of fused-ring (bicyclic) bond motifs is 1. The summed E-state index contributed by atoms with van der Waals surface area (Å²) >= 11 is 0. The van der Waals surface area contributed by atoms with Crippen LogP contribution in [-0.4, -0.2) is 10.1 Å². The Morgan fingerprint density at radius 3 is 2.81 bits per heavy atom. The van der Waals surface area contributed by atoms with Gasteiger partial charge >= 0.3 is 0 Å². The summed E-state index contributed by atoms with van der Waals surface area (Å²) in [7, 11) is 0. The summed E-state index contributed by atoms with van der Waals surface area (Å²) in [5.74, 6) is 0.463. The van der Waals surface area contributed by atoms with Gasteiger partial charge in [-0.25, -0.2) is 0 Å². The molecule has 2 heteroatoms. The first-order chi connectivity index (χ1) is 7.75. The molecular weight excluding hydrogens is 198 g/mol. The molecule has 2 nitrogen and oxygen atoms in total. The second-order valence-corrected chi connectivity index (χ2v) is 4.65. The zero-order valence-corrected chi connectivity index (χ0v) is 9.35. The molecule has 0 bridgehead atoms. The van der Waals surface area contributed by atoms with Crippen LogP contribution >= 0.6 is 0 Å². The third-order valence-corrected chi connectivity index (χ3v) is 3.26. The van der Waals surface area contributed by atoms with Gasteiger partial charge in [-0.15, -0.1) is 0 Å². The molecule has 1 aromatic heterocycles. The lowest BCUT2D eigenvalue weighted by Crippen LogP contribution is -2.02. The number of aryl methyl sites for hydroxylation is 1. The minimum Gasteiger partial charge on any atom is -0.388 e. The lowest BCUT2D eigenvalue weighted by atomic mass is 10.00. The first-order valence-electron chi connectivity index (χ1n) is 5.80. The summed E-state index contributed by atoms with van der Waals surface area (Å²) in [4.78, 5) is 4.49. The van der Waals surface area contributed by atoms with E-state index in [0.29, 0.717) is 5.92 Å². The molecular formula is C14H15NO. The van der Waals surface area contributed by atoms with Crippen LogP contribution in [0, 0.1) is 12.8 Å². The van der Waals surface area contributed by atoms with Crippen LogP contribution in [0.2, 0.25) is 0 Å². The van der Waals surface area contributed by atoms with Crippen molar-refractivity contribution in [2.45, 2.75) is 25.9 Å². The SMILES string of the molecule is Cc1cc(C(O)C2CC2)c2ccccc2n1. The number of benzene rings is 1. The van der Waals surface area contributed by atoms with Gasteiger partial charge in [-0.05, 0) is 43.4 Å². The van der Waals surface area contributed by atoms with Gasteiger partial charge in [-0.3, -0.25) is 4.98 Å². The maximum atomic E-state index is 10.3. The fraction of sp³-hybridized carbons (Fsp3) is 0.357. The lowest BCUT2D eigenvalue weighted by molar-refractivity contribution is 0.155. The highest BCUT2D eigenvalue weighted by atomic mass is 16.3. The van der Waals surface area contributed by atoms with Crippen LogP contribution in [-0.2, 0) is 0 Å². The van der Waals surface area contributed by atoms with E-state index < -0.39 is 0 Å². The third kappa shape index (κ3) is 1.59. The van der Waals surface area contributed by atoms with Gasteiger partial charge in [0.1, 0.15) is 0 Å². The molecule has 1 fully saturated rings. The molecule has 1 aromatic carbocycles. The maximum absolute atomic E-state index is 10.3. The van der Waals surface area contributed by atoms with Gasteiger partial charge in [0, 0.05) is 11.1 Å². The topological polar surface area (TPSA) is 33.1 Å². The Balaban J connectivity index is 2.20. The van der Waals surface area contributed by atoms with Crippen molar-refractivity contribution in [1.29, 1.82) is 0 Å². The Morgan fingerprint density at radius 1 is 1.31 bits per heavy atom. The Kier molecular flexibility index (Phi) is 2.18. The number of nitrogens with zero attached hydrogens (tertiary/aromatic N) is 1. The van der Waals surface area contributed by atoms with Crippen molar-refractivity contribution in [1.82, 2.24) is 4.98 Å². The van der Waals surface area contributed by atoms with Crippen molar-refractivity contribution in [3.63, 3.8) is 0 Å². The highest BCUT2D eigenvalue weighted by molar-refractivity contribution is 5.82. The molecule has 1 aliphatic rings. The van der Waals surface area contributed by atoms with Crippen LogP contribution in [0.1, 0.15) is 30.2 Å². The maximum Gasteiger partial charge on any atom is 0.0825 e. The Hall–Kier alpha value is -1.41. The Bertz CT molecular complexity index is 531. The summed E-state index contributed by atoms with van der Waals surface area (Å²) < 4.78 is 0. The van der Waals surface area contributed by atoms with Crippen LogP contribution in [0.15, 0.2) is 30.3 Å². The van der Waals surface area contributed by atoms with Crippen LogP contribution in [0.5, 0.6) is 0 Å². The molecule has 2 aromatic rings. The van der Waals surface area contributed by atoms with Gasteiger partial charge in [0.25, 0.3) is 0 Å². The molecule has 0 saturated heterocycles. The molecule has 1 atom stereocenters. The predicted octanol–water partition coefficient (Wildman–Crippen LogP) is 2.99. The molecule has 0 amide bonds. The molecule has 3 rings (SSSR count). The number of aliphatic hydroxyl groups is 1. The molecule has 1 heterocycles. The van der Waals surface area contributed by atoms with E-state index in [4.69, 9.17) is 0 Å². The number of pyridine rings is 1. The van der Waals surface area contributed by atoms with Crippen molar-refractivity contribution in [3.8, 4) is 0 Å². The number of para-hydroxylation sites is 1. The molecule has 0 aliphatic heterocycles. The van der Waals surface area contributed by atoms with Crippen molar-refractivity contribution >= 4 is 10.9 Å². The number of rotatable bonds is 2. The number of aliphatic hydroxyl groups excluding tert-OH is 1. The van der Waals surface area contributed by atoms with Crippen molar-refractivity contribution < 1.29 is 5.11 Å². The van der Waals surface area contributed by atoms with Gasteiger partial charge in [-0.1, -0.05) is 18.2 Å². The van der Waals surface area contributed by atoms with E-state index in [2.05, 4.69) is 4.98 Å². The fourth-order valence-electron chi connectivity index (χ4n) is 2.25. The van der Waals surface area contributed by atoms with Crippen LogP contribution in [0.3, 0.4) is 0 Å². The van der Waals surface area contributed by atoms with Gasteiger partial charge < -0.3 is 5.11 Å². The minimum atomic E-state index is -0.313. The number of hydrogen-bond acceptors (Lipinski definition) is 2. The van der Waals surface area contributed by atoms with E-state index in [-0.39, 0.29) is 6.10 Å². The Morgan fingerprint density at radius 2 is 2.06 bits per heavy atom. The second-order valence-electron chi connectivity index (χ2n) is 4.65. The van der Waals surface area contributed by atoms with Gasteiger partial charge in [0.05, 0.1) is 11.6 Å². The molecule has 0 spiro atoms. The number of aromatic nitrogens is 1. The molecule has 16 heavy (non-hydrogen) atoms. The standard InChI is InChI=1S/C14H15NO/c1-9-8-12(14(16)10-6-7-10)11-4-2-3-5-13(11)15-9/h2-5,8,10,14,16H,6-7H2,1H3. The molecule has 1 N–H and O–H groups in total. The van der Waals surface area contributed by atoms with Gasteiger partial charge in [-0.2, -0.15) is 0 Å². The fourth-order valence-corrected chi connectivity index (χ4v) is 2.25. The first-order valence-corrected chi connectivity index (χ1v) is 5.80. The first kappa shape index (κ1) is 9.79. The Labute approximate surface area is 94.9 Å². The molecule has 1 saturated carbocycles. The van der Waals surface area contributed by atoms with Crippen LogP contribution in [0.25, 0.3) is 10.9 Å². The van der Waals surface area contributed by atoms with Gasteiger partial charge in [0.15, 0.2) is 0 Å².